The molecule has 0 spiro atoms. The summed E-state index contributed by atoms with van der Waals surface area (Å²) in [5, 5.41) is 12.0. The van der Waals surface area contributed by atoms with Crippen molar-refractivity contribution in [3.8, 4) is 17.5 Å². The Morgan fingerprint density at radius 1 is 1.21 bits per heavy atom. The van der Waals surface area contributed by atoms with E-state index >= 15 is 0 Å². The molecule has 0 radical (unpaired) electrons. The number of ether oxygens (including phenoxy) is 1. The molecule has 1 N–H and O–H groups in total. The summed E-state index contributed by atoms with van der Waals surface area (Å²) in [5.74, 6) is 0.531. The third-order valence-corrected chi connectivity index (χ3v) is 3.05. The highest BCUT2D eigenvalue weighted by molar-refractivity contribution is 5.85. The zero-order valence-corrected chi connectivity index (χ0v) is 10.6. The lowest BCUT2D eigenvalue weighted by Gasteiger charge is -2.09. The van der Waals surface area contributed by atoms with E-state index in [-0.39, 0.29) is 5.75 Å². The third-order valence-electron chi connectivity index (χ3n) is 3.05. The minimum Gasteiger partial charge on any atom is -0.504 e. The first-order chi connectivity index (χ1) is 9.28. The van der Waals surface area contributed by atoms with Gasteiger partial charge in [-0.15, -0.1) is 0 Å². The van der Waals surface area contributed by atoms with Crippen molar-refractivity contribution >= 4 is 10.8 Å². The second-order valence-electron chi connectivity index (χ2n) is 4.26. The van der Waals surface area contributed by atoms with Gasteiger partial charge in [-0.1, -0.05) is 24.3 Å². The fraction of sp³-hybridized carbons (Fsp3) is 0.133. The maximum absolute atomic E-state index is 10.0. The zero-order chi connectivity index (χ0) is 13.2. The van der Waals surface area contributed by atoms with Gasteiger partial charge in [0.05, 0.1) is 0 Å². The molecule has 3 aromatic rings. The number of nitrogens with zero attached hydrogens (tertiary/aromatic N) is 2. The van der Waals surface area contributed by atoms with E-state index in [1.54, 1.807) is 12.3 Å². The first-order valence-corrected chi connectivity index (χ1v) is 6.18. The number of aromatic hydroxyl groups is 1. The topological polar surface area (TPSA) is 47.3 Å². The van der Waals surface area contributed by atoms with Gasteiger partial charge in [0.2, 0.25) is 0 Å². The molecular formula is C15H14N2O2. The van der Waals surface area contributed by atoms with E-state index in [2.05, 4.69) is 4.98 Å². The zero-order valence-electron chi connectivity index (χ0n) is 10.6. The quantitative estimate of drug-likeness (QED) is 0.777. The number of imidazole rings is 1. The standard InChI is InChI=1S/C15H14N2O2/c1-2-17-8-7-16-15(17)19-14-10-12-6-4-3-5-11(12)9-13(14)18/h3-10,18H,2H2,1H3. The summed E-state index contributed by atoms with van der Waals surface area (Å²) in [6.07, 6.45) is 3.52. The highest BCUT2D eigenvalue weighted by Gasteiger charge is 2.09. The maximum atomic E-state index is 10.0. The van der Waals surface area contributed by atoms with Crippen LogP contribution in [0.2, 0.25) is 0 Å². The molecule has 0 unspecified atom stereocenters. The van der Waals surface area contributed by atoms with E-state index in [9.17, 15) is 5.11 Å². The van der Waals surface area contributed by atoms with Gasteiger partial charge in [-0.3, -0.25) is 0 Å². The average molecular weight is 254 g/mol. The summed E-state index contributed by atoms with van der Waals surface area (Å²) >= 11 is 0. The van der Waals surface area contributed by atoms with Crippen LogP contribution in [-0.2, 0) is 6.54 Å². The van der Waals surface area contributed by atoms with Crippen LogP contribution in [0, 0.1) is 0 Å². The van der Waals surface area contributed by atoms with Gasteiger partial charge < -0.3 is 14.4 Å². The smallest absolute Gasteiger partial charge is 0.301 e. The first kappa shape index (κ1) is 11.6. The molecule has 0 saturated heterocycles. The lowest BCUT2D eigenvalue weighted by atomic mass is 10.1. The van der Waals surface area contributed by atoms with Crippen molar-refractivity contribution in [2.45, 2.75) is 13.5 Å². The summed E-state index contributed by atoms with van der Waals surface area (Å²) < 4.78 is 7.55. The van der Waals surface area contributed by atoms with Gasteiger partial charge >= 0.3 is 6.01 Å². The van der Waals surface area contributed by atoms with Gasteiger partial charge in [0.15, 0.2) is 11.5 Å². The monoisotopic (exact) mass is 254 g/mol. The van der Waals surface area contributed by atoms with Crippen LogP contribution in [0.5, 0.6) is 17.5 Å². The maximum Gasteiger partial charge on any atom is 0.301 e. The number of hydrogen-bond donors (Lipinski definition) is 1. The molecular weight excluding hydrogens is 240 g/mol. The minimum atomic E-state index is 0.115. The van der Waals surface area contributed by atoms with Gasteiger partial charge in [-0.2, -0.15) is 0 Å². The SMILES string of the molecule is CCn1ccnc1Oc1cc2ccccc2cc1O. The van der Waals surface area contributed by atoms with Crippen LogP contribution in [0.25, 0.3) is 10.8 Å². The molecule has 1 heterocycles. The molecule has 4 nitrogen and oxygen atoms in total. The molecule has 2 aromatic carbocycles. The van der Waals surface area contributed by atoms with Crippen molar-refractivity contribution in [2.75, 3.05) is 0 Å². The Labute approximate surface area is 110 Å². The number of phenolic OH excluding ortho intramolecular Hbond substituents is 1. The molecule has 0 atom stereocenters. The number of hydrogen-bond acceptors (Lipinski definition) is 3. The fourth-order valence-corrected chi connectivity index (χ4v) is 2.03. The van der Waals surface area contributed by atoms with Crippen molar-refractivity contribution < 1.29 is 9.84 Å². The third kappa shape index (κ3) is 2.12. The van der Waals surface area contributed by atoms with Crippen LogP contribution in [-0.4, -0.2) is 14.7 Å². The van der Waals surface area contributed by atoms with Crippen LogP contribution in [0.15, 0.2) is 48.8 Å². The number of rotatable bonds is 3. The summed E-state index contributed by atoms with van der Waals surface area (Å²) in [6, 6.07) is 11.8. The number of aryl methyl sites for hydroxylation is 1. The normalized spacial score (nSPS) is 10.8. The van der Waals surface area contributed by atoms with E-state index in [1.807, 2.05) is 48.0 Å². The van der Waals surface area contributed by atoms with Gasteiger partial charge in [0, 0.05) is 18.9 Å². The molecule has 4 heteroatoms. The molecule has 0 saturated carbocycles. The van der Waals surface area contributed by atoms with Crippen LogP contribution in [0.3, 0.4) is 0 Å². The molecule has 0 fully saturated rings. The van der Waals surface area contributed by atoms with Crippen LogP contribution >= 0.6 is 0 Å². The van der Waals surface area contributed by atoms with E-state index < -0.39 is 0 Å². The molecule has 19 heavy (non-hydrogen) atoms. The summed E-state index contributed by atoms with van der Waals surface area (Å²) in [5.41, 5.74) is 0. The van der Waals surface area contributed by atoms with Crippen molar-refractivity contribution in [1.82, 2.24) is 9.55 Å². The Morgan fingerprint density at radius 3 is 2.68 bits per heavy atom. The molecule has 0 aliphatic carbocycles. The largest absolute Gasteiger partial charge is 0.504 e. The highest BCUT2D eigenvalue weighted by atomic mass is 16.5. The predicted octanol–water partition coefficient (Wildman–Crippen LogP) is 3.55. The number of benzene rings is 2. The molecule has 3 rings (SSSR count). The Bertz CT molecular complexity index is 719. The lowest BCUT2D eigenvalue weighted by Crippen LogP contribution is -1.97. The number of fused-ring (bicyclic) bond motifs is 1. The number of phenols is 1. The average Bonchev–Trinajstić information content (AvgIpc) is 2.87. The molecule has 0 aliphatic heterocycles. The van der Waals surface area contributed by atoms with Gasteiger partial charge in [-0.05, 0) is 29.8 Å². The summed E-state index contributed by atoms with van der Waals surface area (Å²) in [4.78, 5) is 4.13. The first-order valence-electron chi connectivity index (χ1n) is 6.18. The van der Waals surface area contributed by atoms with Crippen molar-refractivity contribution in [2.24, 2.45) is 0 Å². The van der Waals surface area contributed by atoms with Gasteiger partial charge in [0.1, 0.15) is 0 Å². The molecule has 0 aliphatic rings. The second kappa shape index (κ2) is 4.65. The van der Waals surface area contributed by atoms with E-state index in [0.717, 1.165) is 17.3 Å². The highest BCUT2D eigenvalue weighted by Crippen LogP contribution is 2.34. The Balaban J connectivity index is 2.03. The van der Waals surface area contributed by atoms with E-state index in [4.69, 9.17) is 4.74 Å². The Hall–Kier alpha value is -2.49. The van der Waals surface area contributed by atoms with Gasteiger partial charge in [0.25, 0.3) is 0 Å². The minimum absolute atomic E-state index is 0.115. The van der Waals surface area contributed by atoms with Crippen LogP contribution < -0.4 is 4.74 Å². The molecule has 0 amide bonds. The summed E-state index contributed by atoms with van der Waals surface area (Å²) in [6.45, 7) is 2.78. The van der Waals surface area contributed by atoms with Crippen molar-refractivity contribution in [3.63, 3.8) is 0 Å². The van der Waals surface area contributed by atoms with Crippen LogP contribution in [0.1, 0.15) is 6.92 Å². The van der Waals surface area contributed by atoms with Crippen LogP contribution in [0.4, 0.5) is 0 Å². The van der Waals surface area contributed by atoms with E-state index in [1.165, 1.54) is 0 Å². The lowest BCUT2D eigenvalue weighted by molar-refractivity contribution is 0.379. The van der Waals surface area contributed by atoms with Crippen molar-refractivity contribution in [1.29, 1.82) is 0 Å². The molecule has 96 valence electrons. The van der Waals surface area contributed by atoms with E-state index in [0.29, 0.717) is 11.8 Å². The predicted molar refractivity (Wildman–Crippen MR) is 73.6 cm³/mol. The van der Waals surface area contributed by atoms with Crippen molar-refractivity contribution in [3.05, 3.63) is 48.8 Å². The van der Waals surface area contributed by atoms with Gasteiger partial charge in [-0.25, -0.2) is 4.98 Å². The molecule has 0 bridgehead atoms. The Kier molecular flexibility index (Phi) is 2.83. The molecule has 1 aromatic heterocycles. The summed E-state index contributed by atoms with van der Waals surface area (Å²) in [7, 11) is 0. The Morgan fingerprint density at radius 2 is 1.95 bits per heavy atom. The number of aromatic nitrogens is 2. The fourth-order valence-electron chi connectivity index (χ4n) is 2.03. The second-order valence-corrected chi connectivity index (χ2v) is 4.26.